The number of ether oxygens (including phenoxy) is 2. The number of carbonyl (C=O) groups is 1. The van der Waals surface area contributed by atoms with Gasteiger partial charge in [0.1, 0.15) is 0 Å². The van der Waals surface area contributed by atoms with Gasteiger partial charge in [0, 0.05) is 12.1 Å². The van der Waals surface area contributed by atoms with Crippen molar-refractivity contribution in [1.29, 1.82) is 0 Å². The van der Waals surface area contributed by atoms with Gasteiger partial charge in [0.25, 0.3) is 0 Å². The van der Waals surface area contributed by atoms with Gasteiger partial charge in [0.2, 0.25) is 5.91 Å². The summed E-state index contributed by atoms with van der Waals surface area (Å²) in [5.41, 5.74) is 7.38. The molecule has 1 aromatic rings. The second-order valence-corrected chi connectivity index (χ2v) is 7.24. The van der Waals surface area contributed by atoms with Gasteiger partial charge in [-0.3, -0.25) is 4.79 Å². The molecule has 2 saturated carbocycles. The van der Waals surface area contributed by atoms with E-state index in [2.05, 4.69) is 5.32 Å². The molecular formula is C19H29ClN2O3. The van der Waals surface area contributed by atoms with Crippen molar-refractivity contribution in [2.45, 2.75) is 44.7 Å². The maximum atomic E-state index is 12.6. The Morgan fingerprint density at radius 3 is 2.52 bits per heavy atom. The first-order chi connectivity index (χ1) is 11.5. The molecule has 2 aliphatic carbocycles. The summed E-state index contributed by atoms with van der Waals surface area (Å²) in [5.74, 6) is 2.58. The average Bonchev–Trinajstić information content (AvgIpc) is 3.15. The van der Waals surface area contributed by atoms with Crippen LogP contribution in [0.5, 0.6) is 11.5 Å². The number of hydrogen-bond acceptors (Lipinski definition) is 4. The molecule has 3 rings (SSSR count). The Labute approximate surface area is 156 Å². The molecule has 0 heterocycles. The summed E-state index contributed by atoms with van der Waals surface area (Å²) in [7, 11) is 3.25. The highest BCUT2D eigenvalue weighted by Gasteiger charge is 2.49. The molecule has 1 amide bonds. The maximum Gasteiger partial charge on any atom is 0.225 e. The molecule has 5 atom stereocenters. The number of hydrogen-bond donors (Lipinski definition) is 2. The summed E-state index contributed by atoms with van der Waals surface area (Å²) in [6.07, 6.45) is 4.22. The lowest BCUT2D eigenvalue weighted by Crippen LogP contribution is -2.47. The van der Waals surface area contributed by atoms with Gasteiger partial charge < -0.3 is 20.5 Å². The molecule has 2 aliphatic rings. The molecule has 0 radical (unpaired) electrons. The Bertz CT molecular complexity index is 608. The molecule has 0 saturated heterocycles. The first kappa shape index (κ1) is 19.9. The minimum absolute atomic E-state index is 0. The topological polar surface area (TPSA) is 73.6 Å². The van der Waals surface area contributed by atoms with E-state index in [1.807, 2.05) is 25.1 Å². The molecule has 0 aromatic heterocycles. The van der Waals surface area contributed by atoms with Gasteiger partial charge in [-0.05, 0) is 62.1 Å². The van der Waals surface area contributed by atoms with E-state index in [0.717, 1.165) is 24.8 Å². The Balaban J connectivity index is 0.00000225. The van der Waals surface area contributed by atoms with Gasteiger partial charge in [-0.1, -0.05) is 6.07 Å². The zero-order valence-electron chi connectivity index (χ0n) is 15.2. The number of halogens is 1. The predicted molar refractivity (Wildman–Crippen MR) is 100 cm³/mol. The third-order valence-electron chi connectivity index (χ3n) is 5.66. The van der Waals surface area contributed by atoms with E-state index in [1.165, 1.54) is 6.42 Å². The fourth-order valence-corrected chi connectivity index (χ4v) is 4.48. The lowest BCUT2D eigenvalue weighted by molar-refractivity contribution is -0.127. The van der Waals surface area contributed by atoms with Crippen LogP contribution in [-0.4, -0.2) is 32.2 Å². The Kier molecular flexibility index (Phi) is 6.58. The van der Waals surface area contributed by atoms with Crippen LogP contribution in [0.25, 0.3) is 0 Å². The molecule has 2 bridgehead atoms. The second-order valence-electron chi connectivity index (χ2n) is 7.24. The van der Waals surface area contributed by atoms with Crippen LogP contribution in [0.1, 0.15) is 31.7 Å². The SMILES string of the molecule is COc1ccc(CC(C)NC(=O)C2C3CCC(C3)C2N)cc1OC.Cl. The molecule has 0 aliphatic heterocycles. The molecule has 0 spiro atoms. The lowest BCUT2D eigenvalue weighted by Gasteiger charge is -2.28. The molecular weight excluding hydrogens is 340 g/mol. The fraction of sp³-hybridized carbons (Fsp3) is 0.632. The number of methoxy groups -OCH3 is 2. The third kappa shape index (κ3) is 4.04. The molecule has 1 aromatic carbocycles. The number of rotatable bonds is 6. The summed E-state index contributed by atoms with van der Waals surface area (Å²) >= 11 is 0. The average molecular weight is 369 g/mol. The number of benzene rings is 1. The van der Waals surface area contributed by atoms with Gasteiger partial charge in [-0.2, -0.15) is 0 Å². The van der Waals surface area contributed by atoms with E-state index in [-0.39, 0.29) is 36.3 Å². The van der Waals surface area contributed by atoms with E-state index >= 15 is 0 Å². The van der Waals surface area contributed by atoms with Crippen molar-refractivity contribution in [3.63, 3.8) is 0 Å². The van der Waals surface area contributed by atoms with E-state index in [9.17, 15) is 4.79 Å². The van der Waals surface area contributed by atoms with Crippen LogP contribution in [0.2, 0.25) is 0 Å². The zero-order chi connectivity index (χ0) is 17.3. The van der Waals surface area contributed by atoms with Crippen molar-refractivity contribution in [2.75, 3.05) is 14.2 Å². The van der Waals surface area contributed by atoms with Crippen molar-refractivity contribution in [2.24, 2.45) is 23.5 Å². The van der Waals surface area contributed by atoms with Crippen LogP contribution in [-0.2, 0) is 11.2 Å². The highest BCUT2D eigenvalue weighted by Crippen LogP contribution is 2.47. The Hall–Kier alpha value is -1.46. The number of nitrogens with one attached hydrogen (secondary N) is 1. The number of amides is 1. The monoisotopic (exact) mass is 368 g/mol. The number of nitrogens with two attached hydrogens (primary N) is 1. The van der Waals surface area contributed by atoms with Crippen molar-refractivity contribution in [1.82, 2.24) is 5.32 Å². The Morgan fingerprint density at radius 2 is 1.92 bits per heavy atom. The van der Waals surface area contributed by atoms with Gasteiger partial charge in [-0.25, -0.2) is 0 Å². The highest BCUT2D eigenvalue weighted by molar-refractivity contribution is 5.85. The molecule has 25 heavy (non-hydrogen) atoms. The van der Waals surface area contributed by atoms with Gasteiger partial charge in [0.15, 0.2) is 11.5 Å². The minimum Gasteiger partial charge on any atom is -0.493 e. The molecule has 2 fully saturated rings. The summed E-state index contributed by atoms with van der Waals surface area (Å²) in [6, 6.07) is 5.96. The van der Waals surface area contributed by atoms with E-state index in [1.54, 1.807) is 14.2 Å². The predicted octanol–water partition coefficient (Wildman–Crippen LogP) is 2.55. The van der Waals surface area contributed by atoms with Gasteiger partial charge in [-0.15, -0.1) is 12.4 Å². The minimum atomic E-state index is -0.00314. The summed E-state index contributed by atoms with van der Waals surface area (Å²) in [4.78, 5) is 12.6. The normalized spacial score (nSPS) is 28.2. The first-order valence-electron chi connectivity index (χ1n) is 8.80. The summed E-state index contributed by atoms with van der Waals surface area (Å²) < 4.78 is 10.6. The molecule has 140 valence electrons. The van der Waals surface area contributed by atoms with Crippen molar-refractivity contribution in [3.8, 4) is 11.5 Å². The first-order valence-corrected chi connectivity index (χ1v) is 8.80. The molecule has 5 nitrogen and oxygen atoms in total. The van der Waals surface area contributed by atoms with Gasteiger partial charge >= 0.3 is 0 Å². The van der Waals surface area contributed by atoms with Crippen LogP contribution in [0, 0.1) is 17.8 Å². The summed E-state index contributed by atoms with van der Waals surface area (Å²) in [6.45, 7) is 2.04. The van der Waals surface area contributed by atoms with Crippen molar-refractivity contribution < 1.29 is 14.3 Å². The van der Waals surface area contributed by atoms with Crippen LogP contribution in [0.3, 0.4) is 0 Å². The van der Waals surface area contributed by atoms with Crippen LogP contribution < -0.4 is 20.5 Å². The summed E-state index contributed by atoms with van der Waals surface area (Å²) in [5, 5.41) is 3.16. The molecule has 6 heteroatoms. The maximum absolute atomic E-state index is 12.6. The zero-order valence-corrected chi connectivity index (χ0v) is 16.0. The van der Waals surface area contributed by atoms with Crippen molar-refractivity contribution in [3.05, 3.63) is 23.8 Å². The van der Waals surface area contributed by atoms with Crippen LogP contribution in [0.15, 0.2) is 18.2 Å². The van der Waals surface area contributed by atoms with Crippen LogP contribution in [0.4, 0.5) is 0 Å². The van der Waals surface area contributed by atoms with E-state index in [4.69, 9.17) is 15.2 Å². The number of fused-ring (bicyclic) bond motifs is 2. The lowest BCUT2D eigenvalue weighted by atomic mass is 9.84. The fourth-order valence-electron chi connectivity index (χ4n) is 4.48. The van der Waals surface area contributed by atoms with Gasteiger partial charge in [0.05, 0.1) is 20.1 Å². The van der Waals surface area contributed by atoms with Crippen LogP contribution >= 0.6 is 12.4 Å². The van der Waals surface area contributed by atoms with E-state index < -0.39 is 0 Å². The quantitative estimate of drug-likeness (QED) is 0.809. The van der Waals surface area contributed by atoms with Crippen molar-refractivity contribution >= 4 is 18.3 Å². The molecule has 3 N–H and O–H groups in total. The standard InChI is InChI=1S/C19H28N2O3.ClH/c1-11(8-12-4-7-15(23-2)16(9-12)24-3)21-19(22)17-13-5-6-14(10-13)18(17)20;/h4,7,9,11,13-14,17-18H,5-6,8,10,20H2,1-3H3,(H,21,22);1H. The highest BCUT2D eigenvalue weighted by atomic mass is 35.5. The smallest absolute Gasteiger partial charge is 0.225 e. The third-order valence-corrected chi connectivity index (χ3v) is 5.66. The molecule has 5 unspecified atom stereocenters. The largest absolute Gasteiger partial charge is 0.493 e. The van der Waals surface area contributed by atoms with E-state index in [0.29, 0.717) is 23.3 Å². The number of carbonyl (C=O) groups excluding carboxylic acids is 1. The Morgan fingerprint density at radius 1 is 1.24 bits per heavy atom. The second kappa shape index (κ2) is 8.28.